The number of para-hydroxylation sites is 1. The number of carbonyl (C=O) groups excluding carboxylic acids is 1. The molecule has 1 saturated heterocycles. The van der Waals surface area contributed by atoms with E-state index >= 15 is 0 Å². The second kappa shape index (κ2) is 11.5. The number of hydrogen-bond acceptors (Lipinski definition) is 5. The standard InChI is InChI=1S/C29H31N5OS/c1-22(23-14-16-25(17-15-23)24-10-4-2-5-11-24)30-28(35)21-36-29-32-31-27(20-33-18-8-9-19-33)34(29)26-12-6-3-7-13-26/h2-7,10-17,22H,8-9,18-21H2,1H3,(H,30,35). The number of thioether (sulfide) groups is 1. The van der Waals surface area contributed by atoms with Gasteiger partial charge in [-0.1, -0.05) is 84.6 Å². The molecule has 0 spiro atoms. The van der Waals surface area contributed by atoms with Gasteiger partial charge in [0.1, 0.15) is 0 Å². The molecule has 5 rings (SSSR count). The fraction of sp³-hybridized carbons (Fsp3) is 0.276. The Labute approximate surface area is 216 Å². The minimum absolute atomic E-state index is 0.0247. The maximum atomic E-state index is 12.8. The van der Waals surface area contributed by atoms with Gasteiger partial charge in [-0.25, -0.2) is 0 Å². The van der Waals surface area contributed by atoms with Gasteiger partial charge in [-0.15, -0.1) is 10.2 Å². The number of nitrogens with one attached hydrogen (secondary N) is 1. The summed E-state index contributed by atoms with van der Waals surface area (Å²) in [5.41, 5.74) is 4.45. The van der Waals surface area contributed by atoms with Gasteiger partial charge in [-0.2, -0.15) is 0 Å². The van der Waals surface area contributed by atoms with Crippen molar-refractivity contribution >= 4 is 17.7 Å². The number of amides is 1. The van der Waals surface area contributed by atoms with Gasteiger partial charge in [0.2, 0.25) is 5.91 Å². The SMILES string of the molecule is CC(NC(=O)CSc1nnc(CN2CCCC2)n1-c1ccccc1)c1ccc(-c2ccccc2)cc1. The van der Waals surface area contributed by atoms with E-state index in [-0.39, 0.29) is 17.7 Å². The largest absolute Gasteiger partial charge is 0.349 e. The van der Waals surface area contributed by atoms with Gasteiger partial charge in [-0.3, -0.25) is 14.3 Å². The van der Waals surface area contributed by atoms with Crippen LogP contribution in [-0.4, -0.2) is 44.4 Å². The number of likely N-dealkylation sites (tertiary alicyclic amines) is 1. The van der Waals surface area contributed by atoms with Crippen LogP contribution >= 0.6 is 11.8 Å². The van der Waals surface area contributed by atoms with Gasteiger partial charge in [0.15, 0.2) is 11.0 Å². The van der Waals surface area contributed by atoms with E-state index in [9.17, 15) is 4.79 Å². The third kappa shape index (κ3) is 5.86. The summed E-state index contributed by atoms with van der Waals surface area (Å²) in [6, 6.07) is 28.7. The molecule has 1 aliphatic rings. The first-order chi connectivity index (χ1) is 17.7. The summed E-state index contributed by atoms with van der Waals surface area (Å²) in [5.74, 6) is 1.17. The lowest BCUT2D eigenvalue weighted by atomic mass is 10.0. The van der Waals surface area contributed by atoms with Crippen molar-refractivity contribution in [3.05, 3.63) is 96.3 Å². The van der Waals surface area contributed by atoms with Gasteiger partial charge in [0.25, 0.3) is 0 Å². The molecular formula is C29H31N5OS. The van der Waals surface area contributed by atoms with Crippen LogP contribution in [-0.2, 0) is 11.3 Å². The predicted molar refractivity (Wildman–Crippen MR) is 145 cm³/mol. The van der Waals surface area contributed by atoms with E-state index in [0.717, 1.165) is 41.9 Å². The second-order valence-electron chi connectivity index (χ2n) is 9.12. The minimum Gasteiger partial charge on any atom is -0.349 e. The zero-order valence-electron chi connectivity index (χ0n) is 20.5. The Morgan fingerprint density at radius 3 is 2.22 bits per heavy atom. The Morgan fingerprint density at radius 1 is 0.889 bits per heavy atom. The normalized spacial score (nSPS) is 14.6. The van der Waals surface area contributed by atoms with Crippen LogP contribution in [0.5, 0.6) is 0 Å². The van der Waals surface area contributed by atoms with Crippen molar-refractivity contribution in [2.24, 2.45) is 0 Å². The van der Waals surface area contributed by atoms with E-state index < -0.39 is 0 Å². The van der Waals surface area contributed by atoms with E-state index in [2.05, 4.69) is 73.5 Å². The molecule has 1 aromatic heterocycles. The van der Waals surface area contributed by atoms with Crippen LogP contribution in [0.1, 0.15) is 37.2 Å². The van der Waals surface area contributed by atoms with Crippen LogP contribution in [0.15, 0.2) is 90.1 Å². The summed E-state index contributed by atoms with van der Waals surface area (Å²) in [7, 11) is 0. The summed E-state index contributed by atoms with van der Waals surface area (Å²) in [6.45, 7) is 4.97. The number of benzene rings is 3. The van der Waals surface area contributed by atoms with Crippen molar-refractivity contribution in [2.45, 2.75) is 37.5 Å². The molecule has 1 unspecified atom stereocenters. The fourth-order valence-corrected chi connectivity index (χ4v) is 5.35. The first-order valence-corrected chi connectivity index (χ1v) is 13.5. The van der Waals surface area contributed by atoms with Gasteiger partial charge in [0, 0.05) is 5.69 Å². The molecule has 4 aromatic rings. The lowest BCUT2D eigenvalue weighted by molar-refractivity contribution is -0.119. The number of nitrogens with zero attached hydrogens (tertiary/aromatic N) is 4. The molecule has 1 atom stereocenters. The first kappa shape index (κ1) is 24.3. The number of carbonyl (C=O) groups is 1. The summed E-state index contributed by atoms with van der Waals surface area (Å²) in [4.78, 5) is 15.2. The van der Waals surface area contributed by atoms with Gasteiger partial charge < -0.3 is 5.32 Å². The van der Waals surface area contributed by atoms with E-state index in [1.807, 2.05) is 43.3 Å². The molecule has 36 heavy (non-hydrogen) atoms. The lowest BCUT2D eigenvalue weighted by Gasteiger charge is -2.16. The molecule has 6 nitrogen and oxygen atoms in total. The first-order valence-electron chi connectivity index (χ1n) is 12.5. The second-order valence-corrected chi connectivity index (χ2v) is 10.1. The number of aromatic nitrogens is 3. The molecule has 0 saturated carbocycles. The average Bonchev–Trinajstić information content (AvgIpc) is 3.59. The zero-order chi connectivity index (χ0) is 24.7. The third-order valence-corrected chi connectivity index (χ3v) is 7.44. The molecule has 3 aromatic carbocycles. The average molecular weight is 498 g/mol. The zero-order valence-corrected chi connectivity index (χ0v) is 21.3. The van der Waals surface area contributed by atoms with Gasteiger partial charge >= 0.3 is 0 Å². The van der Waals surface area contributed by atoms with Crippen molar-refractivity contribution in [1.29, 1.82) is 0 Å². The summed E-state index contributed by atoms with van der Waals surface area (Å²) < 4.78 is 2.09. The van der Waals surface area contributed by atoms with E-state index in [1.54, 1.807) is 0 Å². The highest BCUT2D eigenvalue weighted by molar-refractivity contribution is 7.99. The summed E-state index contributed by atoms with van der Waals surface area (Å²) >= 11 is 1.42. The smallest absolute Gasteiger partial charge is 0.230 e. The summed E-state index contributed by atoms with van der Waals surface area (Å²) in [6.07, 6.45) is 2.46. The topological polar surface area (TPSA) is 63.1 Å². The van der Waals surface area contributed by atoms with Crippen LogP contribution in [0.4, 0.5) is 0 Å². The van der Waals surface area contributed by atoms with Crippen molar-refractivity contribution < 1.29 is 4.79 Å². The maximum Gasteiger partial charge on any atom is 0.230 e. The monoisotopic (exact) mass is 497 g/mol. The van der Waals surface area contributed by atoms with Crippen LogP contribution in [0.2, 0.25) is 0 Å². The Kier molecular flexibility index (Phi) is 7.79. The fourth-order valence-electron chi connectivity index (χ4n) is 4.56. The quantitative estimate of drug-likeness (QED) is 0.310. The highest BCUT2D eigenvalue weighted by atomic mass is 32.2. The van der Waals surface area contributed by atoms with Crippen molar-refractivity contribution in [3.8, 4) is 16.8 Å². The molecular weight excluding hydrogens is 466 g/mol. The maximum absolute atomic E-state index is 12.8. The molecule has 1 aliphatic heterocycles. The molecule has 184 valence electrons. The number of hydrogen-bond donors (Lipinski definition) is 1. The van der Waals surface area contributed by atoms with Crippen LogP contribution < -0.4 is 5.32 Å². The Balaban J connectivity index is 1.23. The van der Waals surface area contributed by atoms with E-state index in [4.69, 9.17) is 0 Å². The van der Waals surface area contributed by atoms with Crippen molar-refractivity contribution in [2.75, 3.05) is 18.8 Å². The molecule has 2 heterocycles. The third-order valence-electron chi connectivity index (χ3n) is 6.51. The van der Waals surface area contributed by atoms with E-state index in [1.165, 1.54) is 35.7 Å². The Hall–Kier alpha value is -3.42. The van der Waals surface area contributed by atoms with Gasteiger partial charge in [0.05, 0.1) is 18.3 Å². The molecule has 1 N–H and O–H groups in total. The highest BCUT2D eigenvalue weighted by Crippen LogP contribution is 2.25. The Bertz CT molecular complexity index is 1270. The molecule has 0 aliphatic carbocycles. The number of rotatable bonds is 9. The van der Waals surface area contributed by atoms with Crippen molar-refractivity contribution in [3.63, 3.8) is 0 Å². The predicted octanol–water partition coefficient (Wildman–Crippen LogP) is 5.50. The molecule has 0 bridgehead atoms. The minimum atomic E-state index is -0.0827. The lowest BCUT2D eigenvalue weighted by Crippen LogP contribution is -2.28. The van der Waals surface area contributed by atoms with E-state index in [0.29, 0.717) is 0 Å². The Morgan fingerprint density at radius 2 is 1.53 bits per heavy atom. The molecule has 1 fully saturated rings. The van der Waals surface area contributed by atoms with Crippen LogP contribution in [0.25, 0.3) is 16.8 Å². The van der Waals surface area contributed by atoms with Gasteiger partial charge in [-0.05, 0) is 61.7 Å². The molecule has 1 amide bonds. The highest BCUT2D eigenvalue weighted by Gasteiger charge is 2.20. The molecule has 0 radical (unpaired) electrons. The summed E-state index contributed by atoms with van der Waals surface area (Å²) in [5, 5.41) is 12.8. The van der Waals surface area contributed by atoms with Crippen LogP contribution in [0.3, 0.4) is 0 Å². The molecule has 7 heteroatoms. The van der Waals surface area contributed by atoms with Crippen molar-refractivity contribution in [1.82, 2.24) is 25.0 Å². The van der Waals surface area contributed by atoms with Crippen LogP contribution in [0, 0.1) is 0 Å².